The van der Waals surface area contributed by atoms with Crippen molar-refractivity contribution < 1.29 is 4.79 Å². The molecule has 1 aliphatic heterocycles. The third-order valence-corrected chi connectivity index (χ3v) is 3.22. The maximum absolute atomic E-state index is 11.7. The Morgan fingerprint density at radius 1 is 1.62 bits per heavy atom. The van der Waals surface area contributed by atoms with Crippen LogP contribution in [0.25, 0.3) is 0 Å². The summed E-state index contributed by atoms with van der Waals surface area (Å²) in [5.41, 5.74) is 1.04. The molecule has 0 saturated carbocycles. The number of likely N-dealkylation sites (N-methyl/N-ethyl adjacent to an activating group) is 1. The van der Waals surface area contributed by atoms with Crippen LogP contribution in [0, 0.1) is 6.92 Å². The summed E-state index contributed by atoms with van der Waals surface area (Å²) in [6, 6.07) is 1.86. The van der Waals surface area contributed by atoms with Crippen LogP contribution >= 0.6 is 15.9 Å². The number of halogens is 1. The molecule has 0 spiro atoms. The summed E-state index contributed by atoms with van der Waals surface area (Å²) in [7, 11) is 1.83. The van der Waals surface area contributed by atoms with Gasteiger partial charge in [-0.2, -0.15) is 0 Å². The van der Waals surface area contributed by atoms with Crippen LogP contribution in [0.4, 0.5) is 5.82 Å². The predicted octanol–water partition coefficient (Wildman–Crippen LogP) is 1.80. The molecule has 0 radical (unpaired) electrons. The molecule has 86 valence electrons. The Morgan fingerprint density at radius 2 is 2.38 bits per heavy atom. The standard InChI is InChI=1S/C11H14BrN3O/c1-7-5-8(12)6-13-10(7)14-9-3-4-15(2)11(9)16/h5-6,9H,3-4H2,1-2H3,(H,13,14). The highest BCUT2D eigenvalue weighted by molar-refractivity contribution is 9.10. The van der Waals surface area contributed by atoms with Crippen molar-refractivity contribution in [2.24, 2.45) is 0 Å². The molecular formula is C11H14BrN3O. The van der Waals surface area contributed by atoms with Gasteiger partial charge in [0, 0.05) is 24.3 Å². The fraction of sp³-hybridized carbons (Fsp3) is 0.455. The van der Waals surface area contributed by atoms with Crippen molar-refractivity contribution in [3.63, 3.8) is 0 Å². The van der Waals surface area contributed by atoms with Crippen LogP contribution in [0.1, 0.15) is 12.0 Å². The lowest BCUT2D eigenvalue weighted by Gasteiger charge is -2.14. The van der Waals surface area contributed by atoms with Crippen LogP contribution in [0.2, 0.25) is 0 Å². The summed E-state index contributed by atoms with van der Waals surface area (Å²) in [4.78, 5) is 17.7. The number of rotatable bonds is 2. The third-order valence-electron chi connectivity index (χ3n) is 2.78. The zero-order valence-corrected chi connectivity index (χ0v) is 10.9. The number of carbonyl (C=O) groups is 1. The van der Waals surface area contributed by atoms with Crippen LogP contribution in [-0.4, -0.2) is 35.4 Å². The normalized spacial score (nSPS) is 20.3. The van der Waals surface area contributed by atoms with E-state index in [1.807, 2.05) is 20.0 Å². The number of aromatic nitrogens is 1. The molecule has 1 fully saturated rings. The van der Waals surface area contributed by atoms with Gasteiger partial charge in [-0.3, -0.25) is 4.79 Å². The molecule has 0 bridgehead atoms. The molecule has 2 rings (SSSR count). The molecule has 2 heterocycles. The highest BCUT2D eigenvalue weighted by atomic mass is 79.9. The van der Waals surface area contributed by atoms with Gasteiger partial charge in [-0.25, -0.2) is 4.98 Å². The molecular weight excluding hydrogens is 270 g/mol. The van der Waals surface area contributed by atoms with Crippen LogP contribution in [-0.2, 0) is 4.79 Å². The van der Waals surface area contributed by atoms with Gasteiger partial charge in [0.25, 0.3) is 0 Å². The molecule has 1 aliphatic rings. The van der Waals surface area contributed by atoms with E-state index in [0.717, 1.165) is 28.8 Å². The Labute approximate surface area is 103 Å². The average molecular weight is 284 g/mol. The first kappa shape index (κ1) is 11.4. The first-order valence-electron chi connectivity index (χ1n) is 5.21. The van der Waals surface area contributed by atoms with E-state index >= 15 is 0 Å². The van der Waals surface area contributed by atoms with Crippen LogP contribution in [0.15, 0.2) is 16.7 Å². The summed E-state index contributed by atoms with van der Waals surface area (Å²) < 4.78 is 0.949. The highest BCUT2D eigenvalue weighted by Gasteiger charge is 2.29. The molecule has 1 atom stereocenters. The molecule has 16 heavy (non-hydrogen) atoms. The topological polar surface area (TPSA) is 45.2 Å². The van der Waals surface area contributed by atoms with Gasteiger partial charge in [-0.05, 0) is 40.9 Å². The second-order valence-corrected chi connectivity index (χ2v) is 4.98. The van der Waals surface area contributed by atoms with Gasteiger partial charge in [0.2, 0.25) is 5.91 Å². The molecule has 1 saturated heterocycles. The van der Waals surface area contributed by atoms with Crippen molar-refractivity contribution in [2.45, 2.75) is 19.4 Å². The quantitative estimate of drug-likeness (QED) is 0.900. The zero-order valence-electron chi connectivity index (χ0n) is 9.33. The molecule has 1 unspecified atom stereocenters. The molecule has 5 heteroatoms. The first-order valence-corrected chi connectivity index (χ1v) is 6.01. The number of carbonyl (C=O) groups excluding carboxylic acids is 1. The number of pyridine rings is 1. The monoisotopic (exact) mass is 283 g/mol. The minimum Gasteiger partial charge on any atom is -0.358 e. The summed E-state index contributed by atoms with van der Waals surface area (Å²) in [6.07, 6.45) is 2.57. The van der Waals surface area contributed by atoms with E-state index in [1.165, 1.54) is 0 Å². The summed E-state index contributed by atoms with van der Waals surface area (Å²) in [5, 5.41) is 3.19. The van der Waals surface area contributed by atoms with Crippen molar-refractivity contribution >= 4 is 27.7 Å². The number of amides is 1. The smallest absolute Gasteiger partial charge is 0.244 e. The van der Waals surface area contributed by atoms with E-state index in [0.29, 0.717) is 0 Å². The minimum absolute atomic E-state index is 0.127. The summed E-state index contributed by atoms with van der Waals surface area (Å²) in [6.45, 7) is 2.79. The van der Waals surface area contributed by atoms with Crippen molar-refractivity contribution in [1.82, 2.24) is 9.88 Å². The van der Waals surface area contributed by atoms with E-state index in [2.05, 4.69) is 26.2 Å². The molecule has 4 nitrogen and oxygen atoms in total. The number of aryl methyl sites for hydroxylation is 1. The van der Waals surface area contributed by atoms with Crippen molar-refractivity contribution in [2.75, 3.05) is 18.9 Å². The Morgan fingerprint density at radius 3 is 2.94 bits per heavy atom. The highest BCUT2D eigenvalue weighted by Crippen LogP contribution is 2.20. The third kappa shape index (κ3) is 2.19. The number of nitrogens with one attached hydrogen (secondary N) is 1. The van der Waals surface area contributed by atoms with Crippen molar-refractivity contribution in [1.29, 1.82) is 0 Å². The van der Waals surface area contributed by atoms with Crippen LogP contribution < -0.4 is 5.32 Å². The van der Waals surface area contributed by atoms with Gasteiger partial charge in [-0.1, -0.05) is 0 Å². The van der Waals surface area contributed by atoms with Gasteiger partial charge in [0.1, 0.15) is 11.9 Å². The number of likely N-dealkylation sites (tertiary alicyclic amines) is 1. The lowest BCUT2D eigenvalue weighted by Crippen LogP contribution is -2.31. The average Bonchev–Trinajstić information content (AvgIpc) is 2.54. The lowest BCUT2D eigenvalue weighted by atomic mass is 10.2. The van der Waals surface area contributed by atoms with E-state index in [1.54, 1.807) is 11.1 Å². The Bertz CT molecular complexity index is 422. The van der Waals surface area contributed by atoms with E-state index in [-0.39, 0.29) is 11.9 Å². The second-order valence-electron chi connectivity index (χ2n) is 4.06. The summed E-state index contributed by atoms with van der Waals surface area (Å²) >= 11 is 3.36. The van der Waals surface area contributed by atoms with Gasteiger partial charge in [0.05, 0.1) is 0 Å². The largest absolute Gasteiger partial charge is 0.358 e. The second kappa shape index (κ2) is 4.41. The molecule has 1 N–H and O–H groups in total. The maximum Gasteiger partial charge on any atom is 0.244 e. The Kier molecular flexibility index (Phi) is 3.14. The Hall–Kier alpha value is -1.10. The first-order chi connectivity index (χ1) is 7.58. The molecule has 1 amide bonds. The molecule has 0 aliphatic carbocycles. The predicted molar refractivity (Wildman–Crippen MR) is 66.3 cm³/mol. The van der Waals surface area contributed by atoms with Gasteiger partial charge in [-0.15, -0.1) is 0 Å². The fourth-order valence-electron chi connectivity index (χ4n) is 1.81. The number of hydrogen-bond donors (Lipinski definition) is 1. The number of nitrogens with zero attached hydrogens (tertiary/aromatic N) is 2. The van der Waals surface area contributed by atoms with Crippen LogP contribution in [0.3, 0.4) is 0 Å². The molecule has 1 aromatic rings. The van der Waals surface area contributed by atoms with Gasteiger partial charge in [0.15, 0.2) is 0 Å². The van der Waals surface area contributed by atoms with E-state index in [4.69, 9.17) is 0 Å². The maximum atomic E-state index is 11.7. The van der Waals surface area contributed by atoms with E-state index < -0.39 is 0 Å². The molecule has 0 aromatic carbocycles. The lowest BCUT2D eigenvalue weighted by molar-refractivity contribution is -0.127. The molecule has 1 aromatic heterocycles. The van der Waals surface area contributed by atoms with Gasteiger partial charge < -0.3 is 10.2 Å². The zero-order chi connectivity index (χ0) is 11.7. The van der Waals surface area contributed by atoms with Gasteiger partial charge >= 0.3 is 0 Å². The minimum atomic E-state index is -0.127. The van der Waals surface area contributed by atoms with Crippen molar-refractivity contribution in [3.05, 3.63) is 22.3 Å². The summed E-state index contributed by atoms with van der Waals surface area (Å²) in [5.74, 6) is 0.931. The number of anilines is 1. The SMILES string of the molecule is Cc1cc(Br)cnc1NC1CCN(C)C1=O. The Balaban J connectivity index is 2.12. The van der Waals surface area contributed by atoms with Crippen molar-refractivity contribution in [3.8, 4) is 0 Å². The fourth-order valence-corrected chi connectivity index (χ4v) is 2.26. The number of hydrogen-bond acceptors (Lipinski definition) is 3. The van der Waals surface area contributed by atoms with E-state index in [9.17, 15) is 4.79 Å². The van der Waals surface area contributed by atoms with Crippen LogP contribution in [0.5, 0.6) is 0 Å².